The fraction of sp³-hybridized carbons (Fsp3) is 0.562. The number of rotatable bonds is 6. The molecule has 1 saturated heterocycles. The van der Waals surface area contributed by atoms with Gasteiger partial charge in [0, 0.05) is 31.9 Å². The molecule has 3 rings (SSSR count). The minimum atomic E-state index is -3.60. The fourth-order valence-electron chi connectivity index (χ4n) is 2.85. The van der Waals surface area contributed by atoms with Crippen molar-refractivity contribution in [3.8, 4) is 0 Å². The lowest BCUT2D eigenvalue weighted by Crippen LogP contribution is -2.39. The Bertz CT molecular complexity index is 829. The van der Waals surface area contributed by atoms with E-state index in [0.29, 0.717) is 25.6 Å². The van der Waals surface area contributed by atoms with E-state index in [2.05, 4.69) is 19.7 Å². The zero-order valence-corrected chi connectivity index (χ0v) is 15.7. The summed E-state index contributed by atoms with van der Waals surface area (Å²) in [5.74, 6) is 0.274. The highest BCUT2D eigenvalue weighted by Gasteiger charge is 2.24. The number of nitrogens with zero attached hydrogens (tertiary/aromatic N) is 5. The van der Waals surface area contributed by atoms with Gasteiger partial charge in [0.05, 0.1) is 18.7 Å². The second-order valence-corrected chi connectivity index (χ2v) is 8.45. The van der Waals surface area contributed by atoms with Gasteiger partial charge in [0.1, 0.15) is 0 Å². The molecule has 0 unspecified atom stereocenters. The molecule has 2 aromatic heterocycles. The number of aromatic nitrogens is 4. The third-order valence-electron chi connectivity index (χ3n) is 4.52. The molecule has 0 bridgehead atoms. The fourth-order valence-corrected chi connectivity index (χ4v) is 3.90. The summed E-state index contributed by atoms with van der Waals surface area (Å²) in [6, 6.07) is 0.157. The van der Waals surface area contributed by atoms with Crippen molar-refractivity contribution in [3.63, 3.8) is 0 Å². The van der Waals surface area contributed by atoms with Gasteiger partial charge < -0.3 is 9.47 Å². The van der Waals surface area contributed by atoms with Crippen LogP contribution < -0.4 is 9.62 Å². The molecule has 0 spiro atoms. The van der Waals surface area contributed by atoms with Gasteiger partial charge in [-0.15, -0.1) is 0 Å². The topological polar surface area (TPSA) is 93.0 Å². The van der Waals surface area contributed by atoms with Gasteiger partial charge in [0.2, 0.25) is 5.95 Å². The normalized spacial score (nSPS) is 16.4. The van der Waals surface area contributed by atoms with E-state index in [1.807, 2.05) is 18.7 Å². The molecule has 10 heteroatoms. The van der Waals surface area contributed by atoms with E-state index in [0.717, 1.165) is 25.2 Å². The van der Waals surface area contributed by atoms with Gasteiger partial charge in [-0.25, -0.2) is 32.5 Å². The van der Waals surface area contributed by atoms with E-state index in [9.17, 15) is 12.8 Å². The molecule has 1 aliphatic rings. The molecule has 0 atom stereocenters. The predicted octanol–water partition coefficient (Wildman–Crippen LogP) is 1.59. The Morgan fingerprint density at radius 2 is 1.88 bits per heavy atom. The predicted molar refractivity (Wildman–Crippen MR) is 94.7 cm³/mol. The number of sulfonamides is 1. The molecule has 2 aromatic rings. The summed E-state index contributed by atoms with van der Waals surface area (Å²) in [4.78, 5) is 13.9. The average molecular weight is 382 g/mol. The Balaban J connectivity index is 1.52. The van der Waals surface area contributed by atoms with Crippen molar-refractivity contribution in [2.75, 3.05) is 24.5 Å². The van der Waals surface area contributed by atoms with Crippen LogP contribution in [0.5, 0.6) is 0 Å². The number of halogens is 1. The molecule has 0 radical (unpaired) electrons. The van der Waals surface area contributed by atoms with Gasteiger partial charge >= 0.3 is 0 Å². The third-order valence-corrected chi connectivity index (χ3v) is 5.82. The summed E-state index contributed by atoms with van der Waals surface area (Å²) < 4.78 is 42.1. The smallest absolute Gasteiger partial charge is 0.259 e. The standard InChI is InChI=1S/C16H23FN6O2S/c1-12(2)23-10-15(20-11-23)26(24,25)21-7-13-3-5-22(6-4-13)16-18-8-14(17)9-19-16/h8-13,21H,3-7H2,1-2H3. The molecular formula is C16H23FN6O2S. The SMILES string of the molecule is CC(C)n1cnc(S(=O)(=O)NCC2CCN(c3ncc(F)cn3)CC2)c1. The molecule has 26 heavy (non-hydrogen) atoms. The summed E-state index contributed by atoms with van der Waals surface area (Å²) in [5, 5.41) is 0.0448. The molecule has 8 nitrogen and oxygen atoms in total. The highest BCUT2D eigenvalue weighted by Crippen LogP contribution is 2.20. The quantitative estimate of drug-likeness (QED) is 0.816. The molecule has 1 fully saturated rings. The highest BCUT2D eigenvalue weighted by molar-refractivity contribution is 7.89. The minimum Gasteiger partial charge on any atom is -0.341 e. The third kappa shape index (κ3) is 4.36. The van der Waals surface area contributed by atoms with Crippen LogP contribution in [0.4, 0.5) is 10.3 Å². The number of nitrogens with one attached hydrogen (secondary N) is 1. The van der Waals surface area contributed by atoms with Gasteiger partial charge in [-0.1, -0.05) is 0 Å². The van der Waals surface area contributed by atoms with Gasteiger partial charge in [-0.05, 0) is 32.6 Å². The number of imidazole rings is 1. The molecule has 3 heterocycles. The molecule has 1 N–H and O–H groups in total. The summed E-state index contributed by atoms with van der Waals surface area (Å²) >= 11 is 0. The maximum Gasteiger partial charge on any atom is 0.259 e. The first kappa shape index (κ1) is 18.7. The number of piperidine rings is 1. The van der Waals surface area contributed by atoms with Crippen LogP contribution in [-0.2, 0) is 10.0 Å². The summed E-state index contributed by atoms with van der Waals surface area (Å²) in [7, 11) is -3.60. The van der Waals surface area contributed by atoms with Crippen LogP contribution in [0, 0.1) is 11.7 Å². The first-order valence-corrected chi connectivity index (χ1v) is 10.1. The lowest BCUT2D eigenvalue weighted by Gasteiger charge is -2.31. The molecule has 1 aliphatic heterocycles. The Morgan fingerprint density at radius 1 is 1.23 bits per heavy atom. The summed E-state index contributed by atoms with van der Waals surface area (Å²) in [5.41, 5.74) is 0. The van der Waals surface area contributed by atoms with E-state index < -0.39 is 15.8 Å². The first-order valence-electron chi connectivity index (χ1n) is 8.61. The van der Waals surface area contributed by atoms with Gasteiger partial charge in [-0.3, -0.25) is 0 Å². The largest absolute Gasteiger partial charge is 0.341 e. The van der Waals surface area contributed by atoms with Crippen LogP contribution in [-0.4, -0.2) is 47.6 Å². The van der Waals surface area contributed by atoms with Crippen LogP contribution in [0.15, 0.2) is 29.9 Å². The van der Waals surface area contributed by atoms with Gasteiger partial charge in [0.15, 0.2) is 10.8 Å². The Morgan fingerprint density at radius 3 is 2.46 bits per heavy atom. The van der Waals surface area contributed by atoms with Crippen LogP contribution in [0.1, 0.15) is 32.7 Å². The monoisotopic (exact) mass is 382 g/mol. The maximum atomic E-state index is 12.9. The van der Waals surface area contributed by atoms with Crippen molar-refractivity contribution in [1.29, 1.82) is 0 Å². The van der Waals surface area contributed by atoms with E-state index >= 15 is 0 Å². The Labute approximate surface area is 152 Å². The van der Waals surface area contributed by atoms with Crippen molar-refractivity contribution < 1.29 is 12.8 Å². The number of anilines is 1. The summed E-state index contributed by atoms with van der Waals surface area (Å²) in [6.07, 6.45) is 6.99. The molecule has 0 aliphatic carbocycles. The van der Waals surface area contributed by atoms with Crippen LogP contribution in [0.25, 0.3) is 0 Å². The Kier molecular flexibility index (Phi) is 5.52. The lowest BCUT2D eigenvalue weighted by atomic mass is 9.97. The van der Waals surface area contributed by atoms with Crippen molar-refractivity contribution in [3.05, 3.63) is 30.7 Å². The van der Waals surface area contributed by atoms with Crippen LogP contribution >= 0.6 is 0 Å². The van der Waals surface area contributed by atoms with Crippen molar-refractivity contribution in [1.82, 2.24) is 24.2 Å². The van der Waals surface area contributed by atoms with E-state index in [1.54, 1.807) is 10.8 Å². The van der Waals surface area contributed by atoms with E-state index in [-0.39, 0.29) is 17.0 Å². The molecule has 0 amide bonds. The lowest BCUT2D eigenvalue weighted by molar-refractivity contribution is 0.398. The number of hydrogen-bond acceptors (Lipinski definition) is 6. The van der Waals surface area contributed by atoms with Gasteiger partial charge in [0.25, 0.3) is 10.0 Å². The highest BCUT2D eigenvalue weighted by atomic mass is 32.2. The summed E-state index contributed by atoms with van der Waals surface area (Å²) in [6.45, 7) is 5.71. The Hall–Kier alpha value is -2.07. The first-order chi connectivity index (χ1) is 12.3. The van der Waals surface area contributed by atoms with Gasteiger partial charge in [-0.2, -0.15) is 0 Å². The minimum absolute atomic E-state index is 0.0448. The van der Waals surface area contributed by atoms with Crippen molar-refractivity contribution in [2.45, 2.75) is 37.8 Å². The van der Waals surface area contributed by atoms with Crippen LogP contribution in [0.2, 0.25) is 0 Å². The molecular weight excluding hydrogens is 359 g/mol. The van der Waals surface area contributed by atoms with E-state index in [1.165, 1.54) is 6.33 Å². The van der Waals surface area contributed by atoms with E-state index in [4.69, 9.17) is 0 Å². The van der Waals surface area contributed by atoms with Crippen molar-refractivity contribution in [2.24, 2.45) is 5.92 Å². The molecule has 0 aromatic carbocycles. The maximum absolute atomic E-state index is 12.9. The second-order valence-electron chi connectivity index (χ2n) is 6.74. The number of hydrogen-bond donors (Lipinski definition) is 1. The van der Waals surface area contributed by atoms with Crippen molar-refractivity contribution >= 4 is 16.0 Å². The zero-order chi connectivity index (χ0) is 18.7. The second kappa shape index (κ2) is 7.67. The molecule has 142 valence electrons. The molecule has 0 saturated carbocycles. The average Bonchev–Trinajstić information content (AvgIpc) is 3.13. The van der Waals surface area contributed by atoms with Crippen LogP contribution in [0.3, 0.4) is 0 Å². The zero-order valence-electron chi connectivity index (χ0n) is 14.8.